The molecule has 4 rings (SSSR count). The summed E-state index contributed by atoms with van der Waals surface area (Å²) in [5, 5.41) is 4.30. The predicted octanol–water partition coefficient (Wildman–Crippen LogP) is 2.32. The average molecular weight is 384 g/mol. The number of para-hydroxylation sites is 1. The van der Waals surface area contributed by atoms with E-state index >= 15 is 0 Å². The highest BCUT2D eigenvalue weighted by atomic mass is 32.1. The fourth-order valence-corrected chi connectivity index (χ4v) is 4.28. The van der Waals surface area contributed by atoms with Crippen molar-refractivity contribution in [3.63, 3.8) is 0 Å². The van der Waals surface area contributed by atoms with E-state index in [2.05, 4.69) is 10.5 Å². The van der Waals surface area contributed by atoms with Crippen LogP contribution in [0.5, 0.6) is 0 Å². The number of fused-ring (bicyclic) bond motifs is 1. The van der Waals surface area contributed by atoms with Crippen molar-refractivity contribution >= 4 is 33.4 Å². The molecule has 0 atom stereocenters. The molecule has 0 radical (unpaired) electrons. The molecule has 1 aliphatic rings. The number of hydrogen-bond acceptors (Lipinski definition) is 5. The molecular weight excluding hydrogens is 364 g/mol. The summed E-state index contributed by atoms with van der Waals surface area (Å²) in [6.07, 6.45) is 4.20. The Balaban J connectivity index is 1.38. The lowest BCUT2D eigenvalue weighted by molar-refractivity contribution is -0.126. The van der Waals surface area contributed by atoms with Crippen molar-refractivity contribution in [1.82, 2.24) is 14.9 Å². The van der Waals surface area contributed by atoms with Gasteiger partial charge in [-0.3, -0.25) is 9.59 Å². The van der Waals surface area contributed by atoms with Gasteiger partial charge in [-0.05, 0) is 31.0 Å². The second-order valence-electron chi connectivity index (χ2n) is 6.58. The van der Waals surface area contributed by atoms with E-state index in [4.69, 9.17) is 4.42 Å². The molecule has 27 heavy (non-hydrogen) atoms. The Morgan fingerprint density at radius 1 is 1.22 bits per heavy atom. The van der Waals surface area contributed by atoms with Crippen molar-refractivity contribution in [2.45, 2.75) is 12.8 Å². The van der Waals surface area contributed by atoms with Crippen LogP contribution < -0.4 is 10.2 Å². The maximum absolute atomic E-state index is 12.5. The molecule has 7 nitrogen and oxygen atoms in total. The summed E-state index contributed by atoms with van der Waals surface area (Å²) in [7, 11) is 1.93. The third kappa shape index (κ3) is 3.52. The lowest BCUT2D eigenvalue weighted by Crippen LogP contribution is -2.42. The van der Waals surface area contributed by atoms with Gasteiger partial charge in [-0.1, -0.05) is 23.5 Å². The molecule has 0 spiro atoms. The number of aryl methyl sites for hydroxylation is 1. The van der Waals surface area contributed by atoms with Crippen molar-refractivity contribution in [3.05, 3.63) is 53.2 Å². The molecule has 3 heterocycles. The number of piperidine rings is 1. The second kappa shape index (κ2) is 7.40. The third-order valence-corrected chi connectivity index (χ3v) is 6.01. The summed E-state index contributed by atoms with van der Waals surface area (Å²) in [4.78, 5) is 27.3. The molecule has 0 saturated carbocycles. The Hall–Kier alpha value is -2.87. The van der Waals surface area contributed by atoms with Crippen LogP contribution in [0.4, 0.5) is 0 Å². The van der Waals surface area contributed by atoms with Gasteiger partial charge in [0, 0.05) is 26.1 Å². The van der Waals surface area contributed by atoms with Crippen molar-refractivity contribution in [3.8, 4) is 0 Å². The molecule has 1 fully saturated rings. The van der Waals surface area contributed by atoms with Gasteiger partial charge in [0.15, 0.2) is 0 Å². The number of likely N-dealkylation sites (tertiary alicyclic amines) is 1. The standard InChI is InChI=1S/C19H20N4O3S/c1-22-15-4-2-3-5-16(15)27-19(22)21-20-17(24)13-6-9-23(10-7-13)18(25)14-8-11-26-12-14/h2-5,8,11-13H,6-7,9-10H2,1H3,(H,20,24)/b21-19-. The SMILES string of the molecule is Cn1/c(=N/NC(=O)C2CCN(C(=O)c3ccoc3)CC2)sc2ccccc21. The highest BCUT2D eigenvalue weighted by molar-refractivity contribution is 7.16. The van der Waals surface area contributed by atoms with Crippen LogP contribution in [0.3, 0.4) is 0 Å². The normalized spacial score (nSPS) is 16.0. The Labute approximate surface area is 159 Å². The number of benzene rings is 1. The van der Waals surface area contributed by atoms with Crippen LogP contribution in [0, 0.1) is 5.92 Å². The summed E-state index contributed by atoms with van der Waals surface area (Å²) in [5.41, 5.74) is 4.33. The van der Waals surface area contributed by atoms with Crippen LogP contribution in [-0.2, 0) is 11.8 Å². The fourth-order valence-electron chi connectivity index (χ4n) is 3.30. The summed E-state index contributed by atoms with van der Waals surface area (Å²) in [5.74, 6) is -0.283. The molecule has 2 amide bonds. The average Bonchev–Trinajstić information content (AvgIpc) is 3.35. The van der Waals surface area contributed by atoms with Gasteiger partial charge < -0.3 is 13.9 Å². The number of nitrogens with zero attached hydrogens (tertiary/aromatic N) is 3. The summed E-state index contributed by atoms with van der Waals surface area (Å²) in [6, 6.07) is 9.69. The molecule has 0 bridgehead atoms. The molecule has 1 aliphatic heterocycles. The fraction of sp³-hybridized carbons (Fsp3) is 0.316. The smallest absolute Gasteiger partial charge is 0.257 e. The van der Waals surface area contributed by atoms with Crippen molar-refractivity contribution in [1.29, 1.82) is 0 Å². The van der Waals surface area contributed by atoms with E-state index in [1.807, 2.05) is 35.9 Å². The van der Waals surface area contributed by atoms with Gasteiger partial charge in [0.25, 0.3) is 5.91 Å². The molecule has 1 aromatic carbocycles. The van der Waals surface area contributed by atoms with Gasteiger partial charge >= 0.3 is 0 Å². The minimum atomic E-state index is -0.137. The van der Waals surface area contributed by atoms with Crippen LogP contribution in [0.25, 0.3) is 10.2 Å². The van der Waals surface area contributed by atoms with E-state index in [0.717, 1.165) is 15.0 Å². The number of furan rings is 1. The highest BCUT2D eigenvalue weighted by Gasteiger charge is 2.28. The van der Waals surface area contributed by atoms with Crippen LogP contribution in [-0.4, -0.2) is 34.4 Å². The Morgan fingerprint density at radius 3 is 2.70 bits per heavy atom. The van der Waals surface area contributed by atoms with Crippen LogP contribution in [0.2, 0.25) is 0 Å². The number of thiazole rings is 1. The van der Waals surface area contributed by atoms with Crippen LogP contribution >= 0.6 is 11.3 Å². The van der Waals surface area contributed by atoms with E-state index in [9.17, 15) is 9.59 Å². The number of amides is 2. The zero-order valence-electron chi connectivity index (χ0n) is 14.9. The van der Waals surface area contributed by atoms with E-state index in [-0.39, 0.29) is 17.7 Å². The zero-order chi connectivity index (χ0) is 18.8. The molecule has 0 unspecified atom stereocenters. The number of rotatable bonds is 3. The molecular formula is C19H20N4O3S. The van der Waals surface area contributed by atoms with Crippen LogP contribution in [0.1, 0.15) is 23.2 Å². The quantitative estimate of drug-likeness (QED) is 0.704. The number of aromatic nitrogens is 1. The second-order valence-corrected chi connectivity index (χ2v) is 7.59. The Bertz CT molecular complexity index is 1030. The first kappa shape index (κ1) is 17.5. The number of carbonyl (C=O) groups excluding carboxylic acids is 2. The first-order valence-corrected chi connectivity index (χ1v) is 9.65. The number of nitrogens with one attached hydrogen (secondary N) is 1. The molecule has 3 aromatic rings. The third-order valence-electron chi connectivity index (χ3n) is 4.90. The summed E-state index contributed by atoms with van der Waals surface area (Å²) >= 11 is 1.54. The predicted molar refractivity (Wildman–Crippen MR) is 102 cm³/mol. The number of hydrogen-bond donors (Lipinski definition) is 1. The van der Waals surface area contributed by atoms with Crippen LogP contribution in [0.15, 0.2) is 52.4 Å². The lowest BCUT2D eigenvalue weighted by Gasteiger charge is -2.30. The van der Waals surface area contributed by atoms with Crippen molar-refractivity contribution in [2.75, 3.05) is 13.1 Å². The van der Waals surface area contributed by atoms with Crippen molar-refractivity contribution in [2.24, 2.45) is 18.1 Å². The van der Waals surface area contributed by atoms with Gasteiger partial charge in [-0.15, -0.1) is 5.10 Å². The maximum atomic E-state index is 12.5. The lowest BCUT2D eigenvalue weighted by atomic mass is 9.96. The minimum absolute atomic E-state index is 0.0513. The Morgan fingerprint density at radius 2 is 2.00 bits per heavy atom. The minimum Gasteiger partial charge on any atom is -0.472 e. The van der Waals surface area contributed by atoms with Gasteiger partial charge in [0.1, 0.15) is 6.26 Å². The molecule has 0 aliphatic carbocycles. The molecule has 8 heteroatoms. The molecule has 2 aromatic heterocycles. The van der Waals surface area contributed by atoms with E-state index in [0.29, 0.717) is 31.5 Å². The van der Waals surface area contributed by atoms with E-state index in [1.165, 1.54) is 23.9 Å². The molecule has 140 valence electrons. The highest BCUT2D eigenvalue weighted by Crippen LogP contribution is 2.19. The maximum Gasteiger partial charge on any atom is 0.257 e. The monoisotopic (exact) mass is 384 g/mol. The zero-order valence-corrected chi connectivity index (χ0v) is 15.7. The molecule has 1 N–H and O–H groups in total. The van der Waals surface area contributed by atoms with Gasteiger partial charge in [0.05, 0.1) is 22.0 Å². The topological polar surface area (TPSA) is 79.8 Å². The van der Waals surface area contributed by atoms with Gasteiger partial charge in [0.2, 0.25) is 10.7 Å². The number of carbonyl (C=O) groups is 2. The van der Waals surface area contributed by atoms with E-state index in [1.54, 1.807) is 11.0 Å². The molecule has 1 saturated heterocycles. The first-order chi connectivity index (χ1) is 13.1. The summed E-state index contributed by atoms with van der Waals surface area (Å²) in [6.45, 7) is 1.11. The first-order valence-electron chi connectivity index (χ1n) is 8.83. The van der Waals surface area contributed by atoms with E-state index < -0.39 is 0 Å². The summed E-state index contributed by atoms with van der Waals surface area (Å²) < 4.78 is 8.06. The van der Waals surface area contributed by atoms with Crippen molar-refractivity contribution < 1.29 is 14.0 Å². The van der Waals surface area contributed by atoms with Gasteiger partial charge in [-0.25, -0.2) is 5.43 Å². The largest absolute Gasteiger partial charge is 0.472 e. The Kier molecular flexibility index (Phi) is 4.81. The van der Waals surface area contributed by atoms with Gasteiger partial charge in [-0.2, -0.15) is 0 Å².